The molecule has 3 aromatic rings. The average Bonchev–Trinajstić information content (AvgIpc) is 3.02. The Balaban J connectivity index is 1.80. The standard InChI is InChI=1S/C24H26N4O4/c1-15-6-7-19(16(2)10-15)12-24(29)26-25-14-20-11-17(3)27(18(20)4)22-9-8-21(32-5)13-23(22)28(30)31/h6-11,13-14H,12H2,1-5H3,(H,26,29)/b25-14+. The van der Waals surface area contributed by atoms with Crippen LogP contribution in [0, 0.1) is 37.8 Å². The monoisotopic (exact) mass is 434 g/mol. The number of nitro benzene ring substituents is 1. The van der Waals surface area contributed by atoms with Gasteiger partial charge < -0.3 is 9.30 Å². The number of hydrazone groups is 1. The van der Waals surface area contributed by atoms with Gasteiger partial charge in [0.2, 0.25) is 5.91 Å². The Morgan fingerprint density at radius 3 is 2.56 bits per heavy atom. The SMILES string of the molecule is COc1ccc(-n2c(C)cc(/C=N/NC(=O)Cc3ccc(C)cc3C)c2C)c([N+](=O)[O-])c1. The van der Waals surface area contributed by atoms with Crippen molar-refractivity contribution in [1.29, 1.82) is 0 Å². The third-order valence-electron chi connectivity index (χ3n) is 5.33. The predicted molar refractivity (Wildman–Crippen MR) is 124 cm³/mol. The number of hydrogen-bond acceptors (Lipinski definition) is 5. The summed E-state index contributed by atoms with van der Waals surface area (Å²) in [4.78, 5) is 23.4. The lowest BCUT2D eigenvalue weighted by Crippen LogP contribution is -2.20. The number of hydrogen-bond donors (Lipinski definition) is 1. The fourth-order valence-corrected chi connectivity index (χ4v) is 3.69. The van der Waals surface area contributed by atoms with Gasteiger partial charge in [-0.3, -0.25) is 14.9 Å². The van der Waals surface area contributed by atoms with E-state index in [0.29, 0.717) is 11.4 Å². The molecule has 3 rings (SSSR count). The largest absolute Gasteiger partial charge is 0.496 e. The van der Waals surface area contributed by atoms with Crippen molar-refractivity contribution < 1.29 is 14.5 Å². The second kappa shape index (κ2) is 9.47. The van der Waals surface area contributed by atoms with E-state index in [4.69, 9.17) is 4.74 Å². The maximum atomic E-state index is 12.3. The Hall–Kier alpha value is -3.94. The third kappa shape index (κ3) is 4.85. The zero-order valence-corrected chi connectivity index (χ0v) is 18.8. The average molecular weight is 434 g/mol. The Kier molecular flexibility index (Phi) is 6.73. The molecule has 0 fully saturated rings. The molecular weight excluding hydrogens is 408 g/mol. The van der Waals surface area contributed by atoms with Crippen LogP contribution in [-0.2, 0) is 11.2 Å². The van der Waals surface area contributed by atoms with Crippen molar-refractivity contribution in [3.8, 4) is 11.4 Å². The molecule has 0 aliphatic rings. The van der Waals surface area contributed by atoms with Crippen molar-refractivity contribution in [2.45, 2.75) is 34.1 Å². The zero-order valence-electron chi connectivity index (χ0n) is 18.8. The number of ether oxygens (including phenoxy) is 1. The van der Waals surface area contributed by atoms with Gasteiger partial charge in [0.05, 0.1) is 30.7 Å². The van der Waals surface area contributed by atoms with Crippen molar-refractivity contribution in [3.63, 3.8) is 0 Å². The van der Waals surface area contributed by atoms with Crippen molar-refractivity contribution in [3.05, 3.63) is 86.2 Å². The number of rotatable bonds is 7. The zero-order chi connectivity index (χ0) is 23.4. The summed E-state index contributed by atoms with van der Waals surface area (Å²) in [5.41, 5.74) is 8.42. The summed E-state index contributed by atoms with van der Waals surface area (Å²) in [5.74, 6) is 0.198. The molecule has 0 aliphatic carbocycles. The molecule has 0 aliphatic heterocycles. The van der Waals surface area contributed by atoms with Crippen molar-refractivity contribution in [2.24, 2.45) is 5.10 Å². The minimum absolute atomic E-state index is 0.0589. The van der Waals surface area contributed by atoms with E-state index in [9.17, 15) is 14.9 Å². The molecule has 1 aromatic heterocycles. The van der Waals surface area contributed by atoms with Crippen LogP contribution in [0.3, 0.4) is 0 Å². The molecule has 0 spiro atoms. The molecular formula is C24H26N4O4. The highest BCUT2D eigenvalue weighted by Gasteiger charge is 2.20. The van der Waals surface area contributed by atoms with Crippen LogP contribution >= 0.6 is 0 Å². The number of carbonyl (C=O) groups excluding carboxylic acids is 1. The number of aromatic nitrogens is 1. The Labute approximate surface area is 186 Å². The molecule has 0 saturated heterocycles. The first-order valence-corrected chi connectivity index (χ1v) is 10.1. The molecule has 0 saturated carbocycles. The fourth-order valence-electron chi connectivity index (χ4n) is 3.69. The van der Waals surface area contributed by atoms with Gasteiger partial charge in [0, 0.05) is 17.0 Å². The van der Waals surface area contributed by atoms with Crippen LogP contribution < -0.4 is 10.2 Å². The van der Waals surface area contributed by atoms with Gasteiger partial charge in [-0.2, -0.15) is 5.10 Å². The number of benzene rings is 2. The molecule has 0 bridgehead atoms. The van der Waals surface area contributed by atoms with Crippen LogP contribution in [0.1, 0.15) is 33.6 Å². The number of aryl methyl sites for hydroxylation is 3. The van der Waals surface area contributed by atoms with Crippen LogP contribution in [-0.4, -0.2) is 28.7 Å². The summed E-state index contributed by atoms with van der Waals surface area (Å²) in [6.07, 6.45) is 1.79. The highest BCUT2D eigenvalue weighted by molar-refractivity contribution is 5.85. The lowest BCUT2D eigenvalue weighted by Gasteiger charge is -2.11. The van der Waals surface area contributed by atoms with E-state index in [0.717, 1.165) is 33.6 Å². The van der Waals surface area contributed by atoms with Gasteiger partial charge in [0.15, 0.2) is 0 Å². The Bertz CT molecular complexity index is 1210. The van der Waals surface area contributed by atoms with E-state index in [2.05, 4.69) is 10.5 Å². The van der Waals surface area contributed by atoms with E-state index in [1.807, 2.05) is 52.0 Å². The van der Waals surface area contributed by atoms with Gasteiger partial charge >= 0.3 is 0 Å². The van der Waals surface area contributed by atoms with E-state index >= 15 is 0 Å². The summed E-state index contributed by atoms with van der Waals surface area (Å²) in [7, 11) is 1.47. The summed E-state index contributed by atoms with van der Waals surface area (Å²) in [6, 6.07) is 12.6. The second-order valence-electron chi connectivity index (χ2n) is 7.67. The highest BCUT2D eigenvalue weighted by Crippen LogP contribution is 2.31. The molecule has 166 valence electrons. The molecule has 2 aromatic carbocycles. The number of methoxy groups -OCH3 is 1. The summed E-state index contributed by atoms with van der Waals surface area (Å²) in [6.45, 7) is 7.70. The number of nitro groups is 1. The number of carbonyl (C=O) groups is 1. The van der Waals surface area contributed by atoms with E-state index < -0.39 is 4.92 Å². The normalized spacial score (nSPS) is 11.0. The Morgan fingerprint density at radius 2 is 1.91 bits per heavy atom. The predicted octanol–water partition coefficient (Wildman–Crippen LogP) is 4.32. The first-order chi connectivity index (χ1) is 15.2. The lowest BCUT2D eigenvalue weighted by atomic mass is 10.0. The van der Waals surface area contributed by atoms with E-state index in [1.54, 1.807) is 22.9 Å². The van der Waals surface area contributed by atoms with Gasteiger partial charge in [-0.25, -0.2) is 5.43 Å². The van der Waals surface area contributed by atoms with Crippen LogP contribution in [0.25, 0.3) is 5.69 Å². The molecule has 32 heavy (non-hydrogen) atoms. The quantitative estimate of drug-likeness (QED) is 0.340. The summed E-state index contributed by atoms with van der Waals surface area (Å²) in [5, 5.41) is 15.7. The minimum atomic E-state index is -0.433. The first-order valence-electron chi connectivity index (χ1n) is 10.1. The van der Waals surface area contributed by atoms with Crippen LogP contribution in [0.2, 0.25) is 0 Å². The molecule has 0 atom stereocenters. The Morgan fingerprint density at radius 1 is 1.16 bits per heavy atom. The van der Waals surface area contributed by atoms with Gasteiger partial charge in [0.25, 0.3) is 5.69 Å². The van der Waals surface area contributed by atoms with Crippen LogP contribution in [0.5, 0.6) is 5.75 Å². The molecule has 1 heterocycles. The van der Waals surface area contributed by atoms with E-state index in [-0.39, 0.29) is 18.0 Å². The van der Waals surface area contributed by atoms with Gasteiger partial charge in [0.1, 0.15) is 11.4 Å². The van der Waals surface area contributed by atoms with Gasteiger partial charge in [-0.05, 0) is 57.0 Å². The maximum Gasteiger partial charge on any atom is 0.296 e. The molecule has 8 nitrogen and oxygen atoms in total. The lowest BCUT2D eigenvalue weighted by molar-refractivity contribution is -0.384. The minimum Gasteiger partial charge on any atom is -0.496 e. The molecule has 0 unspecified atom stereocenters. The molecule has 1 amide bonds. The highest BCUT2D eigenvalue weighted by atomic mass is 16.6. The summed E-state index contributed by atoms with van der Waals surface area (Å²) >= 11 is 0. The molecule has 1 N–H and O–H groups in total. The third-order valence-corrected chi connectivity index (χ3v) is 5.33. The van der Waals surface area contributed by atoms with Gasteiger partial charge in [-0.1, -0.05) is 23.8 Å². The fraction of sp³-hybridized carbons (Fsp3) is 0.250. The smallest absolute Gasteiger partial charge is 0.296 e. The van der Waals surface area contributed by atoms with E-state index in [1.165, 1.54) is 13.2 Å². The van der Waals surface area contributed by atoms with Crippen molar-refractivity contribution >= 4 is 17.8 Å². The van der Waals surface area contributed by atoms with Gasteiger partial charge in [-0.15, -0.1) is 0 Å². The number of nitrogens with zero attached hydrogens (tertiary/aromatic N) is 3. The topological polar surface area (TPSA) is 98.8 Å². The molecule has 0 radical (unpaired) electrons. The number of amides is 1. The number of nitrogens with one attached hydrogen (secondary N) is 1. The maximum absolute atomic E-state index is 12.3. The summed E-state index contributed by atoms with van der Waals surface area (Å²) < 4.78 is 6.91. The second-order valence-corrected chi connectivity index (χ2v) is 7.67. The first kappa shape index (κ1) is 22.7. The van der Waals surface area contributed by atoms with Crippen LogP contribution in [0.4, 0.5) is 5.69 Å². The molecule has 8 heteroatoms. The van der Waals surface area contributed by atoms with Crippen LogP contribution in [0.15, 0.2) is 47.6 Å². The van der Waals surface area contributed by atoms with Crippen molar-refractivity contribution in [2.75, 3.05) is 7.11 Å². The van der Waals surface area contributed by atoms with Crippen molar-refractivity contribution in [1.82, 2.24) is 9.99 Å².